The van der Waals surface area contributed by atoms with Crippen LogP contribution >= 0.6 is 0 Å². The van der Waals surface area contributed by atoms with Crippen molar-refractivity contribution in [2.24, 2.45) is 5.73 Å². The summed E-state index contributed by atoms with van der Waals surface area (Å²) >= 11 is 0. The van der Waals surface area contributed by atoms with Gasteiger partial charge >= 0.3 is 0 Å². The number of nitrogens with one attached hydrogen (secondary N) is 1. The predicted molar refractivity (Wildman–Crippen MR) is 111 cm³/mol. The van der Waals surface area contributed by atoms with Gasteiger partial charge in [0.1, 0.15) is 0 Å². The van der Waals surface area contributed by atoms with E-state index < -0.39 is 5.91 Å². The molecule has 1 aliphatic rings. The molecule has 1 radical (unpaired) electrons. The first-order valence-corrected chi connectivity index (χ1v) is 9.34. The molecule has 4 rings (SSSR count). The minimum Gasteiger partial charge on any atom is -0.366 e. The Morgan fingerprint density at radius 3 is 2.64 bits per heavy atom. The van der Waals surface area contributed by atoms with Crippen LogP contribution in [0.4, 0.5) is 5.69 Å². The fraction of sp³-hybridized carbons (Fsp3) is 0.125. The summed E-state index contributed by atoms with van der Waals surface area (Å²) in [6, 6.07) is 21.9. The van der Waals surface area contributed by atoms with Crippen molar-refractivity contribution in [3.63, 3.8) is 0 Å². The number of benzene rings is 3. The summed E-state index contributed by atoms with van der Waals surface area (Å²) < 4.78 is 0. The van der Waals surface area contributed by atoms with E-state index in [4.69, 9.17) is 5.73 Å². The second kappa shape index (κ2) is 7.69. The van der Waals surface area contributed by atoms with Gasteiger partial charge in [0, 0.05) is 17.7 Å². The van der Waals surface area contributed by atoms with E-state index in [1.54, 1.807) is 6.07 Å². The highest BCUT2D eigenvalue weighted by molar-refractivity contribution is 5.95. The third-order valence-electron chi connectivity index (χ3n) is 5.06. The van der Waals surface area contributed by atoms with E-state index in [-0.39, 0.29) is 5.91 Å². The van der Waals surface area contributed by atoms with Crippen molar-refractivity contribution in [2.75, 3.05) is 5.32 Å². The summed E-state index contributed by atoms with van der Waals surface area (Å²) in [7, 11) is 0. The van der Waals surface area contributed by atoms with Crippen LogP contribution in [0, 0.1) is 6.42 Å². The van der Waals surface area contributed by atoms with Gasteiger partial charge in [-0.3, -0.25) is 9.59 Å². The SMILES string of the molecule is NC(=O)c1ccccc1C[CH]c1cccc(-c2ccc3c(c2)CCC(=O)N3)c1. The molecule has 0 aliphatic carbocycles. The van der Waals surface area contributed by atoms with E-state index in [9.17, 15) is 9.59 Å². The Morgan fingerprint density at radius 2 is 1.79 bits per heavy atom. The van der Waals surface area contributed by atoms with Crippen molar-refractivity contribution in [2.45, 2.75) is 19.3 Å². The van der Waals surface area contributed by atoms with Crippen molar-refractivity contribution in [1.29, 1.82) is 0 Å². The number of primary amides is 1. The Kier molecular flexibility index (Phi) is 4.94. The number of carbonyl (C=O) groups is 2. The van der Waals surface area contributed by atoms with Gasteiger partial charge in [-0.05, 0) is 65.3 Å². The first kappa shape index (κ1) is 18.0. The molecule has 3 N–H and O–H groups in total. The van der Waals surface area contributed by atoms with Gasteiger partial charge in [-0.15, -0.1) is 0 Å². The average molecular weight is 369 g/mol. The first-order valence-electron chi connectivity index (χ1n) is 9.34. The lowest BCUT2D eigenvalue weighted by atomic mass is 9.94. The lowest BCUT2D eigenvalue weighted by Gasteiger charge is -2.17. The molecular formula is C24H21N2O2. The molecule has 0 aromatic heterocycles. The number of hydrogen-bond donors (Lipinski definition) is 2. The zero-order valence-corrected chi connectivity index (χ0v) is 15.4. The molecule has 0 bridgehead atoms. The molecule has 0 saturated heterocycles. The van der Waals surface area contributed by atoms with Crippen LogP contribution < -0.4 is 11.1 Å². The molecule has 1 aliphatic heterocycles. The number of amides is 2. The number of fused-ring (bicyclic) bond motifs is 1. The Labute approximate surface area is 164 Å². The number of nitrogens with two attached hydrogens (primary N) is 1. The highest BCUT2D eigenvalue weighted by Crippen LogP contribution is 2.29. The Morgan fingerprint density at radius 1 is 0.964 bits per heavy atom. The fourth-order valence-electron chi connectivity index (χ4n) is 3.57. The van der Waals surface area contributed by atoms with Crippen molar-refractivity contribution in [1.82, 2.24) is 0 Å². The van der Waals surface area contributed by atoms with Crippen LogP contribution in [0.2, 0.25) is 0 Å². The van der Waals surface area contributed by atoms with Crippen LogP contribution in [-0.2, 0) is 17.6 Å². The van der Waals surface area contributed by atoms with Crippen LogP contribution in [-0.4, -0.2) is 11.8 Å². The van der Waals surface area contributed by atoms with Gasteiger partial charge in [0.15, 0.2) is 0 Å². The van der Waals surface area contributed by atoms with Crippen LogP contribution in [0.5, 0.6) is 0 Å². The molecule has 3 aromatic carbocycles. The number of hydrogen-bond acceptors (Lipinski definition) is 2. The number of rotatable bonds is 5. The molecule has 0 fully saturated rings. The van der Waals surface area contributed by atoms with Crippen molar-refractivity contribution in [3.8, 4) is 11.1 Å². The molecule has 4 heteroatoms. The van der Waals surface area contributed by atoms with Crippen LogP contribution in [0.1, 0.15) is 33.5 Å². The maximum absolute atomic E-state index is 11.6. The molecule has 0 saturated carbocycles. The lowest BCUT2D eigenvalue weighted by molar-refractivity contribution is -0.116. The third-order valence-corrected chi connectivity index (χ3v) is 5.06. The molecule has 139 valence electrons. The number of carbonyl (C=O) groups excluding carboxylic acids is 2. The summed E-state index contributed by atoms with van der Waals surface area (Å²) in [6.45, 7) is 0. The van der Waals surface area contributed by atoms with Gasteiger partial charge in [0.2, 0.25) is 11.8 Å². The van der Waals surface area contributed by atoms with Crippen LogP contribution in [0.3, 0.4) is 0 Å². The van der Waals surface area contributed by atoms with E-state index in [1.165, 1.54) is 5.56 Å². The lowest BCUT2D eigenvalue weighted by Crippen LogP contribution is -2.18. The standard InChI is InChI=1S/C24H21N2O2/c25-24(28)21-7-2-1-5-17(21)9-8-16-4-3-6-18(14-16)19-10-12-22-20(15-19)11-13-23(27)26-22/h1-8,10,12,14-15H,9,11,13H2,(H2,25,28)(H,26,27). The monoisotopic (exact) mass is 369 g/mol. The van der Waals surface area contributed by atoms with E-state index in [0.717, 1.165) is 34.4 Å². The minimum absolute atomic E-state index is 0.0769. The molecule has 0 atom stereocenters. The van der Waals surface area contributed by atoms with Crippen molar-refractivity contribution >= 4 is 17.5 Å². The molecule has 0 unspecified atom stereocenters. The maximum atomic E-state index is 11.6. The summed E-state index contributed by atoms with van der Waals surface area (Å²) in [6.07, 6.45) is 4.04. The quantitative estimate of drug-likeness (QED) is 0.710. The minimum atomic E-state index is -0.404. The van der Waals surface area contributed by atoms with Crippen LogP contribution in [0.25, 0.3) is 11.1 Å². The van der Waals surface area contributed by atoms with E-state index in [1.807, 2.05) is 36.4 Å². The first-order chi connectivity index (χ1) is 13.6. The topological polar surface area (TPSA) is 72.2 Å². The van der Waals surface area contributed by atoms with Crippen LogP contribution in [0.15, 0.2) is 66.7 Å². The highest BCUT2D eigenvalue weighted by atomic mass is 16.2. The summed E-state index contributed by atoms with van der Waals surface area (Å²) in [5.74, 6) is -0.327. The van der Waals surface area contributed by atoms with Gasteiger partial charge in [-0.25, -0.2) is 0 Å². The zero-order valence-electron chi connectivity index (χ0n) is 15.4. The molecule has 4 nitrogen and oxygen atoms in total. The molecular weight excluding hydrogens is 348 g/mol. The summed E-state index contributed by atoms with van der Waals surface area (Å²) in [5, 5.41) is 2.92. The molecule has 2 amide bonds. The van der Waals surface area contributed by atoms with Gasteiger partial charge in [0.25, 0.3) is 0 Å². The predicted octanol–water partition coefficient (Wildman–Crippen LogP) is 4.13. The normalized spacial score (nSPS) is 12.9. The summed E-state index contributed by atoms with van der Waals surface area (Å²) in [4.78, 5) is 23.1. The average Bonchev–Trinajstić information content (AvgIpc) is 2.72. The Bertz CT molecular complexity index is 1060. The third kappa shape index (κ3) is 3.81. The van der Waals surface area contributed by atoms with Crippen molar-refractivity contribution in [3.05, 3.63) is 95.4 Å². The van der Waals surface area contributed by atoms with Gasteiger partial charge in [-0.1, -0.05) is 48.5 Å². The molecule has 28 heavy (non-hydrogen) atoms. The molecule has 0 spiro atoms. The Balaban J connectivity index is 1.54. The fourth-order valence-corrected chi connectivity index (χ4v) is 3.57. The van der Waals surface area contributed by atoms with Gasteiger partial charge in [0.05, 0.1) is 0 Å². The second-order valence-corrected chi connectivity index (χ2v) is 6.98. The van der Waals surface area contributed by atoms with E-state index in [0.29, 0.717) is 18.4 Å². The highest BCUT2D eigenvalue weighted by Gasteiger charge is 2.15. The molecule has 3 aromatic rings. The number of aryl methyl sites for hydroxylation is 1. The summed E-state index contributed by atoms with van der Waals surface area (Å²) in [5.41, 5.74) is 12.4. The van der Waals surface area contributed by atoms with Gasteiger partial charge < -0.3 is 11.1 Å². The van der Waals surface area contributed by atoms with Crippen molar-refractivity contribution < 1.29 is 9.59 Å². The maximum Gasteiger partial charge on any atom is 0.248 e. The van der Waals surface area contributed by atoms with E-state index >= 15 is 0 Å². The largest absolute Gasteiger partial charge is 0.366 e. The smallest absolute Gasteiger partial charge is 0.248 e. The molecule has 1 heterocycles. The zero-order chi connectivity index (χ0) is 19.5. The second-order valence-electron chi connectivity index (χ2n) is 6.98. The van der Waals surface area contributed by atoms with Gasteiger partial charge in [-0.2, -0.15) is 0 Å². The van der Waals surface area contributed by atoms with E-state index in [2.05, 4.69) is 36.0 Å². The Hall–Kier alpha value is -3.40. The number of anilines is 1.